The number of rotatable bonds is 2. The zero-order valence-electron chi connectivity index (χ0n) is 5.22. The quantitative estimate of drug-likeness (QED) is 0.536. The van der Waals surface area contributed by atoms with E-state index < -0.39 is 0 Å². The largest absolute Gasteiger partial charge is 0.391 e. The van der Waals surface area contributed by atoms with Crippen LogP contribution >= 0.6 is 0 Å². The predicted molar refractivity (Wildman–Crippen MR) is 32.4 cm³/mol. The van der Waals surface area contributed by atoms with Crippen molar-refractivity contribution in [3.63, 3.8) is 0 Å². The molecule has 1 rings (SSSR count). The first-order valence-corrected chi connectivity index (χ1v) is 3.07. The molecule has 1 unspecified atom stereocenters. The minimum atomic E-state index is -0.262. The second kappa shape index (κ2) is 1.71. The standard InChI is InChI=1S/C6H13NO/c1-6(2-3-6)5(8)4-7/h5,8H,2-4,7H2,1H3. The Bertz CT molecular complexity index is 88.5. The second-order valence-corrected chi connectivity index (χ2v) is 2.91. The van der Waals surface area contributed by atoms with Crippen molar-refractivity contribution in [1.82, 2.24) is 0 Å². The van der Waals surface area contributed by atoms with Crippen molar-refractivity contribution in [2.75, 3.05) is 6.54 Å². The molecule has 0 aromatic carbocycles. The molecule has 0 aromatic heterocycles. The SMILES string of the molecule is CC1(C(O)CN)CC1. The van der Waals surface area contributed by atoms with Crippen LogP contribution in [0.1, 0.15) is 19.8 Å². The first-order chi connectivity index (χ1) is 3.69. The van der Waals surface area contributed by atoms with Gasteiger partial charge in [0.1, 0.15) is 0 Å². The Morgan fingerprint density at radius 2 is 2.25 bits per heavy atom. The summed E-state index contributed by atoms with van der Waals surface area (Å²) in [5.74, 6) is 0. The Morgan fingerprint density at radius 1 is 1.75 bits per heavy atom. The third-order valence-corrected chi connectivity index (χ3v) is 2.07. The Balaban J connectivity index is 2.34. The average molecular weight is 115 g/mol. The first kappa shape index (κ1) is 6.05. The van der Waals surface area contributed by atoms with Gasteiger partial charge in [0.25, 0.3) is 0 Å². The van der Waals surface area contributed by atoms with Gasteiger partial charge in [-0.3, -0.25) is 0 Å². The van der Waals surface area contributed by atoms with Gasteiger partial charge in [0.2, 0.25) is 0 Å². The summed E-state index contributed by atoms with van der Waals surface area (Å²) in [6.45, 7) is 2.49. The highest BCUT2D eigenvalue weighted by molar-refractivity contribution is 4.94. The van der Waals surface area contributed by atoms with Crippen LogP contribution in [-0.4, -0.2) is 17.8 Å². The lowest BCUT2D eigenvalue weighted by molar-refractivity contribution is 0.111. The predicted octanol–water partition coefficient (Wildman–Crippen LogP) is 0.106. The Morgan fingerprint density at radius 3 is 2.38 bits per heavy atom. The molecule has 1 aliphatic rings. The van der Waals surface area contributed by atoms with Crippen molar-refractivity contribution >= 4 is 0 Å². The number of hydrogen-bond donors (Lipinski definition) is 2. The molecule has 1 fully saturated rings. The molecule has 0 heterocycles. The molecule has 48 valence electrons. The summed E-state index contributed by atoms with van der Waals surface area (Å²) in [4.78, 5) is 0. The lowest BCUT2D eigenvalue weighted by atomic mass is 10.0. The average Bonchev–Trinajstić information content (AvgIpc) is 2.47. The molecule has 1 atom stereocenters. The topological polar surface area (TPSA) is 46.2 Å². The molecule has 3 N–H and O–H groups in total. The number of aliphatic hydroxyl groups excluding tert-OH is 1. The molecule has 2 heteroatoms. The van der Waals surface area contributed by atoms with Crippen molar-refractivity contribution in [1.29, 1.82) is 0 Å². The fourth-order valence-corrected chi connectivity index (χ4v) is 0.815. The molecule has 0 aliphatic heterocycles. The van der Waals surface area contributed by atoms with Crippen molar-refractivity contribution in [3.8, 4) is 0 Å². The van der Waals surface area contributed by atoms with Gasteiger partial charge >= 0.3 is 0 Å². The molecule has 0 bridgehead atoms. The molecular formula is C6H13NO. The van der Waals surface area contributed by atoms with E-state index in [2.05, 4.69) is 6.92 Å². The zero-order chi connectivity index (χ0) is 6.20. The maximum atomic E-state index is 9.13. The Kier molecular flexibility index (Phi) is 1.29. The summed E-state index contributed by atoms with van der Waals surface area (Å²) >= 11 is 0. The van der Waals surface area contributed by atoms with Gasteiger partial charge in [-0.05, 0) is 18.3 Å². The normalized spacial score (nSPS) is 27.4. The summed E-state index contributed by atoms with van der Waals surface area (Å²) in [5.41, 5.74) is 5.44. The van der Waals surface area contributed by atoms with Gasteiger partial charge in [-0.2, -0.15) is 0 Å². The van der Waals surface area contributed by atoms with Crippen LogP contribution in [0.25, 0.3) is 0 Å². The minimum absolute atomic E-state index is 0.189. The lowest BCUT2D eigenvalue weighted by Gasteiger charge is -2.13. The van der Waals surface area contributed by atoms with E-state index in [0.717, 1.165) is 12.8 Å². The third kappa shape index (κ3) is 0.858. The van der Waals surface area contributed by atoms with Gasteiger partial charge in [0.05, 0.1) is 6.10 Å². The highest BCUT2D eigenvalue weighted by Gasteiger charge is 2.43. The molecule has 0 aromatic rings. The Hall–Kier alpha value is -0.0800. The van der Waals surface area contributed by atoms with E-state index in [9.17, 15) is 0 Å². The van der Waals surface area contributed by atoms with E-state index in [1.807, 2.05) is 0 Å². The highest BCUT2D eigenvalue weighted by Crippen LogP contribution is 2.47. The number of hydrogen-bond acceptors (Lipinski definition) is 2. The first-order valence-electron chi connectivity index (χ1n) is 3.07. The summed E-state index contributed by atoms with van der Waals surface area (Å²) < 4.78 is 0. The van der Waals surface area contributed by atoms with Crippen LogP contribution in [-0.2, 0) is 0 Å². The Labute approximate surface area is 49.7 Å². The van der Waals surface area contributed by atoms with Crippen molar-refractivity contribution in [2.45, 2.75) is 25.9 Å². The molecule has 1 saturated carbocycles. The van der Waals surface area contributed by atoms with Gasteiger partial charge in [-0.1, -0.05) is 6.92 Å². The molecular weight excluding hydrogens is 102 g/mol. The molecule has 8 heavy (non-hydrogen) atoms. The van der Waals surface area contributed by atoms with E-state index in [-0.39, 0.29) is 11.5 Å². The fourth-order valence-electron chi connectivity index (χ4n) is 0.815. The summed E-state index contributed by atoms with van der Waals surface area (Å²) in [7, 11) is 0. The smallest absolute Gasteiger partial charge is 0.0715 e. The van der Waals surface area contributed by atoms with Gasteiger partial charge < -0.3 is 10.8 Å². The monoisotopic (exact) mass is 115 g/mol. The van der Waals surface area contributed by atoms with Crippen molar-refractivity contribution in [3.05, 3.63) is 0 Å². The number of nitrogens with two attached hydrogens (primary N) is 1. The van der Waals surface area contributed by atoms with Crippen molar-refractivity contribution in [2.24, 2.45) is 11.1 Å². The van der Waals surface area contributed by atoms with Crippen LogP contribution < -0.4 is 5.73 Å². The molecule has 0 radical (unpaired) electrons. The fraction of sp³-hybridized carbons (Fsp3) is 1.00. The molecule has 2 nitrogen and oxygen atoms in total. The maximum absolute atomic E-state index is 9.13. The van der Waals surface area contributed by atoms with Gasteiger partial charge in [-0.15, -0.1) is 0 Å². The molecule has 1 aliphatic carbocycles. The minimum Gasteiger partial charge on any atom is -0.391 e. The van der Waals surface area contributed by atoms with Crippen LogP contribution in [0.2, 0.25) is 0 Å². The second-order valence-electron chi connectivity index (χ2n) is 2.91. The van der Waals surface area contributed by atoms with Gasteiger partial charge in [-0.25, -0.2) is 0 Å². The van der Waals surface area contributed by atoms with Gasteiger partial charge in [0, 0.05) is 6.54 Å². The number of aliphatic hydroxyl groups is 1. The van der Waals surface area contributed by atoms with E-state index in [1.165, 1.54) is 0 Å². The van der Waals surface area contributed by atoms with Crippen LogP contribution in [0.3, 0.4) is 0 Å². The van der Waals surface area contributed by atoms with E-state index in [1.54, 1.807) is 0 Å². The summed E-state index contributed by atoms with van der Waals surface area (Å²) in [6.07, 6.45) is 2.03. The van der Waals surface area contributed by atoms with Crippen LogP contribution in [0.4, 0.5) is 0 Å². The zero-order valence-corrected chi connectivity index (χ0v) is 5.22. The highest BCUT2D eigenvalue weighted by atomic mass is 16.3. The van der Waals surface area contributed by atoms with Crippen molar-refractivity contribution < 1.29 is 5.11 Å². The van der Waals surface area contributed by atoms with Crippen LogP contribution in [0, 0.1) is 5.41 Å². The molecule has 0 saturated heterocycles. The summed E-state index contributed by atoms with van der Waals surface area (Å²) in [5, 5.41) is 9.13. The molecule has 0 amide bonds. The lowest BCUT2D eigenvalue weighted by Crippen LogP contribution is -2.27. The van der Waals surface area contributed by atoms with Gasteiger partial charge in [0.15, 0.2) is 0 Å². The molecule has 0 spiro atoms. The van der Waals surface area contributed by atoms with Crippen LogP contribution in [0.5, 0.6) is 0 Å². The maximum Gasteiger partial charge on any atom is 0.0715 e. The summed E-state index contributed by atoms with van der Waals surface area (Å²) in [6, 6.07) is 0. The van der Waals surface area contributed by atoms with E-state index >= 15 is 0 Å². The third-order valence-electron chi connectivity index (χ3n) is 2.07. The van der Waals surface area contributed by atoms with E-state index in [4.69, 9.17) is 10.8 Å². The van der Waals surface area contributed by atoms with E-state index in [0.29, 0.717) is 6.54 Å². The van der Waals surface area contributed by atoms with Crippen LogP contribution in [0.15, 0.2) is 0 Å².